The fourth-order valence-electron chi connectivity index (χ4n) is 5.84. The average Bonchev–Trinajstić information content (AvgIpc) is 3.67. The zero-order valence-corrected chi connectivity index (χ0v) is 21.3. The molecule has 6 rings (SSSR count). The van der Waals surface area contributed by atoms with Gasteiger partial charge in [-0.2, -0.15) is 0 Å². The van der Waals surface area contributed by atoms with Crippen molar-refractivity contribution in [2.75, 3.05) is 19.6 Å². The number of nitrogens with zero attached hydrogens (tertiary/aromatic N) is 2. The van der Waals surface area contributed by atoms with E-state index < -0.39 is 6.04 Å². The molecule has 3 atom stereocenters. The van der Waals surface area contributed by atoms with Crippen molar-refractivity contribution in [2.45, 2.75) is 63.4 Å². The van der Waals surface area contributed by atoms with Gasteiger partial charge in [-0.25, -0.2) is 0 Å². The minimum absolute atomic E-state index is 0.0256. The third-order valence-corrected chi connectivity index (χ3v) is 8.15. The van der Waals surface area contributed by atoms with Crippen LogP contribution in [0.4, 0.5) is 0 Å². The first kappa shape index (κ1) is 24.2. The lowest BCUT2D eigenvalue weighted by Crippen LogP contribution is -2.55. The third-order valence-electron chi connectivity index (χ3n) is 8.15. The molecule has 2 N–H and O–H groups in total. The van der Waals surface area contributed by atoms with E-state index >= 15 is 0 Å². The van der Waals surface area contributed by atoms with E-state index in [1.807, 2.05) is 18.2 Å². The number of fused-ring (bicyclic) bond motifs is 1. The molecule has 3 fully saturated rings. The summed E-state index contributed by atoms with van der Waals surface area (Å²) >= 11 is 0. The van der Waals surface area contributed by atoms with Gasteiger partial charge in [0, 0.05) is 43.5 Å². The number of piperidine rings is 2. The van der Waals surface area contributed by atoms with Gasteiger partial charge in [-0.15, -0.1) is 0 Å². The molecule has 1 saturated carbocycles. The summed E-state index contributed by atoms with van der Waals surface area (Å²) in [6.45, 7) is 8.16. The number of likely N-dealkylation sites (tertiary alicyclic amines) is 1. The lowest BCUT2D eigenvalue weighted by Gasteiger charge is -2.39. The van der Waals surface area contributed by atoms with Crippen LogP contribution >= 0.6 is 0 Å². The number of hydrogen-bond donors (Lipinski definition) is 2. The highest BCUT2D eigenvalue weighted by Gasteiger charge is 2.39. The monoisotopic (exact) mass is 500 g/mol. The van der Waals surface area contributed by atoms with Crippen LogP contribution in [0.25, 0.3) is 0 Å². The first-order valence-corrected chi connectivity index (χ1v) is 13.6. The summed E-state index contributed by atoms with van der Waals surface area (Å²) in [6.07, 6.45) is 5.03. The Hall–Kier alpha value is -3.16. The fourth-order valence-corrected chi connectivity index (χ4v) is 5.84. The number of rotatable bonds is 8. The van der Waals surface area contributed by atoms with Crippen LogP contribution < -0.4 is 15.4 Å². The van der Waals surface area contributed by atoms with Gasteiger partial charge in [0.05, 0.1) is 0 Å². The molecule has 4 aliphatic rings. The van der Waals surface area contributed by atoms with Gasteiger partial charge in [-0.1, -0.05) is 36.9 Å². The Morgan fingerprint density at radius 1 is 1.05 bits per heavy atom. The molecule has 0 bridgehead atoms. The number of amides is 2. The van der Waals surface area contributed by atoms with E-state index in [1.165, 1.54) is 18.4 Å². The van der Waals surface area contributed by atoms with E-state index in [1.54, 1.807) is 4.90 Å². The number of benzene rings is 2. The first-order chi connectivity index (χ1) is 18.0. The molecule has 7 heteroatoms. The van der Waals surface area contributed by atoms with Crippen molar-refractivity contribution >= 4 is 11.8 Å². The second-order valence-electron chi connectivity index (χ2n) is 11.0. The number of carbonyl (C=O) groups excluding carboxylic acids is 2. The van der Waals surface area contributed by atoms with Gasteiger partial charge in [0.15, 0.2) is 0 Å². The van der Waals surface area contributed by atoms with E-state index in [0.717, 1.165) is 55.5 Å². The summed E-state index contributed by atoms with van der Waals surface area (Å²) in [5.41, 5.74) is 3.64. The zero-order valence-electron chi connectivity index (χ0n) is 21.3. The smallest absolute Gasteiger partial charge is 0.255 e. The second-order valence-corrected chi connectivity index (χ2v) is 11.0. The number of ether oxygens (including phenoxy) is 1. The molecule has 2 aromatic carbocycles. The Labute approximate surface area is 218 Å². The molecule has 3 heterocycles. The van der Waals surface area contributed by atoms with Gasteiger partial charge in [0.1, 0.15) is 17.9 Å². The van der Waals surface area contributed by atoms with Crippen molar-refractivity contribution in [3.8, 4) is 5.75 Å². The van der Waals surface area contributed by atoms with Gasteiger partial charge in [0.2, 0.25) is 5.91 Å². The van der Waals surface area contributed by atoms with Crippen molar-refractivity contribution in [3.63, 3.8) is 0 Å². The molecular weight excluding hydrogens is 464 g/mol. The van der Waals surface area contributed by atoms with E-state index in [2.05, 4.69) is 52.4 Å². The van der Waals surface area contributed by atoms with Crippen molar-refractivity contribution in [2.24, 2.45) is 5.92 Å². The molecular formula is C30H36N4O3. The van der Waals surface area contributed by atoms with E-state index in [0.29, 0.717) is 31.0 Å². The van der Waals surface area contributed by atoms with Crippen molar-refractivity contribution in [3.05, 3.63) is 77.5 Å². The minimum Gasteiger partial charge on any atom is -0.487 e. The number of nitrogens with one attached hydrogen (secondary N) is 2. The molecule has 0 radical (unpaired) electrons. The minimum atomic E-state index is -0.448. The number of hydrogen-bond acceptors (Lipinski definition) is 5. The van der Waals surface area contributed by atoms with Crippen LogP contribution in [0.3, 0.4) is 0 Å². The largest absolute Gasteiger partial charge is 0.487 e. The summed E-state index contributed by atoms with van der Waals surface area (Å²) in [4.78, 5) is 29.8. The van der Waals surface area contributed by atoms with Crippen molar-refractivity contribution in [1.82, 2.24) is 20.4 Å². The highest BCUT2D eigenvalue weighted by molar-refractivity contribution is 6.01. The van der Waals surface area contributed by atoms with E-state index in [-0.39, 0.29) is 17.9 Å². The second kappa shape index (κ2) is 10.3. The van der Waals surface area contributed by atoms with Crippen molar-refractivity contribution in [1.29, 1.82) is 0 Å². The quantitative estimate of drug-likeness (QED) is 0.581. The molecule has 3 unspecified atom stereocenters. The zero-order chi connectivity index (χ0) is 25.4. The van der Waals surface area contributed by atoms with Crippen LogP contribution in [0, 0.1) is 5.92 Å². The molecule has 7 nitrogen and oxygen atoms in total. The lowest BCUT2D eigenvalue weighted by molar-refractivity contribution is -0.126. The van der Waals surface area contributed by atoms with Gasteiger partial charge in [0.25, 0.3) is 5.91 Å². The predicted octanol–water partition coefficient (Wildman–Crippen LogP) is 3.46. The number of allylic oxidation sites excluding steroid dienone is 1. The normalized spacial score (nSPS) is 26.2. The van der Waals surface area contributed by atoms with Crippen LogP contribution in [-0.2, 0) is 17.9 Å². The molecule has 2 saturated heterocycles. The maximum absolute atomic E-state index is 13.1. The predicted molar refractivity (Wildman–Crippen MR) is 142 cm³/mol. The average molecular weight is 501 g/mol. The highest BCUT2D eigenvalue weighted by Crippen LogP contribution is 2.32. The Bertz CT molecular complexity index is 1180. The number of carbonyl (C=O) groups is 2. The fraction of sp³-hybridized carbons (Fsp3) is 0.467. The summed E-state index contributed by atoms with van der Waals surface area (Å²) in [5, 5.41) is 6.60. The Kier molecular flexibility index (Phi) is 6.74. The van der Waals surface area contributed by atoms with Crippen LogP contribution in [0.2, 0.25) is 0 Å². The topological polar surface area (TPSA) is 73.9 Å². The molecule has 3 aliphatic heterocycles. The van der Waals surface area contributed by atoms with Crippen LogP contribution in [0.15, 0.2) is 60.8 Å². The molecule has 0 aromatic heterocycles. The SMILES string of the molecule is C=C1CCC(N2Cc3cc(OC4CN(Cc5ccccc5)CCC4NCC4CC4)ccc3C2=O)C(=O)N1. The van der Waals surface area contributed by atoms with Crippen LogP contribution in [0.1, 0.15) is 53.6 Å². The van der Waals surface area contributed by atoms with Crippen LogP contribution in [-0.4, -0.2) is 59.4 Å². The molecule has 1 aliphatic carbocycles. The summed E-state index contributed by atoms with van der Waals surface area (Å²) in [5.74, 6) is 1.39. The molecule has 2 amide bonds. The summed E-state index contributed by atoms with van der Waals surface area (Å²) < 4.78 is 6.64. The first-order valence-electron chi connectivity index (χ1n) is 13.6. The molecule has 194 valence electrons. The molecule has 2 aromatic rings. The molecule has 0 spiro atoms. The van der Waals surface area contributed by atoms with Crippen molar-refractivity contribution < 1.29 is 14.3 Å². The molecule has 37 heavy (non-hydrogen) atoms. The lowest BCUT2D eigenvalue weighted by atomic mass is 10.00. The van der Waals surface area contributed by atoms with Gasteiger partial charge >= 0.3 is 0 Å². The summed E-state index contributed by atoms with van der Waals surface area (Å²) in [6, 6.07) is 16.2. The Morgan fingerprint density at radius 2 is 1.89 bits per heavy atom. The maximum Gasteiger partial charge on any atom is 0.255 e. The van der Waals surface area contributed by atoms with Gasteiger partial charge < -0.3 is 20.3 Å². The highest BCUT2D eigenvalue weighted by atomic mass is 16.5. The van der Waals surface area contributed by atoms with Gasteiger partial charge in [-0.3, -0.25) is 14.5 Å². The Balaban J connectivity index is 1.15. The maximum atomic E-state index is 13.1. The van der Waals surface area contributed by atoms with E-state index in [4.69, 9.17) is 4.74 Å². The third kappa shape index (κ3) is 5.43. The van der Waals surface area contributed by atoms with Crippen LogP contribution in [0.5, 0.6) is 5.75 Å². The van der Waals surface area contributed by atoms with Gasteiger partial charge in [-0.05, 0) is 73.9 Å². The Morgan fingerprint density at radius 3 is 2.68 bits per heavy atom. The summed E-state index contributed by atoms with van der Waals surface area (Å²) in [7, 11) is 0. The van der Waals surface area contributed by atoms with E-state index in [9.17, 15) is 9.59 Å². The standard InChI is InChI=1S/C30H36N4O3/c1-20-7-12-27(29(35)32-20)34-18-23-15-24(10-11-25(23)30(34)36)37-28-19-33(17-22-5-3-2-4-6-22)14-13-26(28)31-16-21-8-9-21/h2-6,10-11,15,21,26-28,31H,1,7-9,12-14,16-19H2,(H,32,35).